The molecule has 2 aliphatic rings. The number of nitrogens with zero attached hydrogens (tertiary/aromatic N) is 2. The van der Waals surface area contributed by atoms with Crippen molar-refractivity contribution in [1.29, 1.82) is 0 Å². The van der Waals surface area contributed by atoms with E-state index in [4.69, 9.17) is 46.4 Å². The monoisotopic (exact) mass is 634 g/mol. The fourth-order valence-electron chi connectivity index (χ4n) is 5.71. The summed E-state index contributed by atoms with van der Waals surface area (Å²) < 4.78 is 0. The first kappa shape index (κ1) is 30.4. The molecule has 2 fully saturated rings. The van der Waals surface area contributed by atoms with Crippen LogP contribution >= 0.6 is 46.4 Å². The number of amides is 2. The Morgan fingerprint density at radius 1 is 0.902 bits per heavy atom. The van der Waals surface area contributed by atoms with Crippen molar-refractivity contribution in [3.8, 4) is 0 Å². The smallest absolute Gasteiger partial charge is 0.251 e. The fourth-order valence-corrected chi connectivity index (χ4v) is 6.59. The van der Waals surface area contributed by atoms with E-state index in [1.54, 1.807) is 18.2 Å². The van der Waals surface area contributed by atoms with Crippen molar-refractivity contribution in [2.75, 3.05) is 32.7 Å². The first-order valence-corrected chi connectivity index (χ1v) is 15.7. The van der Waals surface area contributed by atoms with Crippen molar-refractivity contribution in [1.82, 2.24) is 20.4 Å². The minimum atomic E-state index is -0.375. The Morgan fingerprint density at radius 2 is 1.66 bits per heavy atom. The molecule has 3 aromatic carbocycles. The van der Waals surface area contributed by atoms with Crippen LogP contribution in [0.25, 0.3) is 10.8 Å². The van der Waals surface area contributed by atoms with E-state index in [9.17, 15) is 9.59 Å². The molecule has 2 aliphatic heterocycles. The van der Waals surface area contributed by atoms with Gasteiger partial charge in [0, 0.05) is 47.8 Å². The second-order valence-corrected chi connectivity index (χ2v) is 12.6. The third-order valence-electron chi connectivity index (χ3n) is 7.98. The number of nitrogens with one attached hydrogen (secondary N) is 2. The molecule has 2 amide bonds. The number of halogens is 4. The number of hydrogen-bond acceptors (Lipinski definition) is 4. The first-order valence-electron chi connectivity index (χ1n) is 14.1. The zero-order chi connectivity index (χ0) is 28.9. The van der Waals surface area contributed by atoms with E-state index in [2.05, 4.69) is 15.5 Å². The second-order valence-electron chi connectivity index (χ2n) is 10.9. The Labute approximate surface area is 261 Å². The molecule has 0 radical (unpaired) electrons. The topological polar surface area (TPSA) is 64.7 Å². The average Bonchev–Trinajstić information content (AvgIpc) is 3.11. The molecule has 2 saturated heterocycles. The van der Waals surface area contributed by atoms with Gasteiger partial charge in [-0.05, 0) is 91.5 Å². The molecule has 218 valence electrons. The van der Waals surface area contributed by atoms with Gasteiger partial charge in [-0.25, -0.2) is 0 Å². The third kappa shape index (κ3) is 7.86. The molecular weight excluding hydrogens is 602 g/mol. The summed E-state index contributed by atoms with van der Waals surface area (Å²) in [5.74, 6) is -0.127. The number of carbonyl (C=O) groups excluding carboxylic acids is 2. The van der Waals surface area contributed by atoms with E-state index >= 15 is 0 Å². The zero-order valence-electron chi connectivity index (χ0n) is 22.8. The van der Waals surface area contributed by atoms with E-state index in [0.717, 1.165) is 36.0 Å². The van der Waals surface area contributed by atoms with Crippen molar-refractivity contribution in [3.63, 3.8) is 0 Å². The fraction of sp³-hybridized carbons (Fsp3) is 0.419. The van der Waals surface area contributed by atoms with Crippen molar-refractivity contribution in [2.45, 2.75) is 50.7 Å². The first-order chi connectivity index (χ1) is 19.8. The molecule has 6 nitrogen and oxygen atoms in total. The van der Waals surface area contributed by atoms with Gasteiger partial charge in [0.2, 0.25) is 5.91 Å². The van der Waals surface area contributed by atoms with Crippen LogP contribution in [0, 0.1) is 0 Å². The number of piperidine rings is 1. The lowest BCUT2D eigenvalue weighted by Gasteiger charge is -2.30. The lowest BCUT2D eigenvalue weighted by atomic mass is 10.1. The molecule has 10 heteroatoms. The molecule has 3 aromatic rings. The standard InChI is InChI=1S/C31H34Cl4N4O2/c32-24-7-6-20-14-22(5-4-21(20)15-24)30(40)36-18-26-8-13-39(19-23-16-25(33)17-27(34)29(23)35)31(41)28(37-26)9-12-38-10-2-1-3-11-38/h4-7,14-17,26,28,37H,1-3,8-13,18-19H2,(H,36,40)/t26-,28-/m0/s1. The summed E-state index contributed by atoms with van der Waals surface area (Å²) in [4.78, 5) is 31.1. The lowest BCUT2D eigenvalue weighted by molar-refractivity contribution is -0.133. The summed E-state index contributed by atoms with van der Waals surface area (Å²) in [7, 11) is 0. The Balaban J connectivity index is 1.28. The highest BCUT2D eigenvalue weighted by Gasteiger charge is 2.32. The Hall–Kier alpha value is -2.06. The molecule has 2 heterocycles. The summed E-state index contributed by atoms with van der Waals surface area (Å²) in [6.07, 6.45) is 5.03. The van der Waals surface area contributed by atoms with Gasteiger partial charge in [0.1, 0.15) is 0 Å². The largest absolute Gasteiger partial charge is 0.350 e. The third-order valence-corrected chi connectivity index (χ3v) is 9.27. The highest BCUT2D eigenvalue weighted by atomic mass is 35.5. The molecule has 0 bridgehead atoms. The zero-order valence-corrected chi connectivity index (χ0v) is 25.8. The number of fused-ring (bicyclic) bond motifs is 1. The van der Waals surface area contributed by atoms with Gasteiger partial charge in [-0.2, -0.15) is 0 Å². The van der Waals surface area contributed by atoms with Crippen LogP contribution in [0.5, 0.6) is 0 Å². The highest BCUT2D eigenvalue weighted by molar-refractivity contribution is 6.43. The average molecular weight is 636 g/mol. The van der Waals surface area contributed by atoms with Gasteiger partial charge in [0.05, 0.1) is 16.1 Å². The lowest BCUT2D eigenvalue weighted by Crippen LogP contribution is -2.50. The van der Waals surface area contributed by atoms with Crippen LogP contribution in [0.4, 0.5) is 0 Å². The van der Waals surface area contributed by atoms with Crippen molar-refractivity contribution < 1.29 is 9.59 Å². The quantitative estimate of drug-likeness (QED) is 0.267. The van der Waals surface area contributed by atoms with Crippen molar-refractivity contribution in [2.24, 2.45) is 0 Å². The number of benzene rings is 3. The predicted molar refractivity (Wildman–Crippen MR) is 168 cm³/mol. The number of likely N-dealkylation sites (tertiary alicyclic amines) is 1. The number of carbonyl (C=O) groups is 2. The van der Waals surface area contributed by atoms with E-state index in [0.29, 0.717) is 58.1 Å². The molecule has 41 heavy (non-hydrogen) atoms. The summed E-state index contributed by atoms with van der Waals surface area (Å²) in [5, 5.41) is 10.5. The van der Waals surface area contributed by atoms with Crippen LogP contribution in [0.15, 0.2) is 48.5 Å². The van der Waals surface area contributed by atoms with Crippen LogP contribution in [0.1, 0.15) is 48.0 Å². The summed E-state index contributed by atoms with van der Waals surface area (Å²) >= 11 is 25.1. The highest BCUT2D eigenvalue weighted by Crippen LogP contribution is 2.31. The van der Waals surface area contributed by atoms with Crippen molar-refractivity contribution >= 4 is 69.0 Å². The number of rotatable bonds is 8. The molecule has 0 aliphatic carbocycles. The van der Waals surface area contributed by atoms with Gasteiger partial charge >= 0.3 is 0 Å². The van der Waals surface area contributed by atoms with Crippen LogP contribution in [-0.2, 0) is 11.3 Å². The number of hydrogen-bond donors (Lipinski definition) is 2. The Morgan fingerprint density at radius 3 is 2.46 bits per heavy atom. The van der Waals surface area contributed by atoms with Crippen molar-refractivity contribution in [3.05, 3.63) is 79.7 Å². The Bertz CT molecular complexity index is 1410. The molecule has 0 spiro atoms. The van der Waals surface area contributed by atoms with Crippen LogP contribution in [-0.4, -0.2) is 66.4 Å². The van der Waals surface area contributed by atoms with Crippen LogP contribution in [0.3, 0.4) is 0 Å². The predicted octanol–water partition coefficient (Wildman–Crippen LogP) is 6.82. The SMILES string of the molecule is O=C(NC[C@@H]1CCN(Cc2cc(Cl)cc(Cl)c2Cl)C(=O)[C@H](CCN2CCCCC2)N1)c1ccc2cc(Cl)ccc2c1. The van der Waals surface area contributed by atoms with Crippen LogP contribution < -0.4 is 10.6 Å². The summed E-state index contributed by atoms with van der Waals surface area (Å²) in [6.45, 7) is 4.23. The van der Waals surface area contributed by atoms with Gasteiger partial charge in [-0.3, -0.25) is 9.59 Å². The Kier molecular flexibility index (Phi) is 10.3. The molecule has 0 saturated carbocycles. The maximum absolute atomic E-state index is 13.8. The second kappa shape index (κ2) is 13.9. The summed E-state index contributed by atoms with van der Waals surface area (Å²) in [5.41, 5.74) is 1.30. The van der Waals surface area contributed by atoms with E-state index in [-0.39, 0.29) is 23.9 Å². The van der Waals surface area contributed by atoms with Crippen LogP contribution in [0.2, 0.25) is 20.1 Å². The van der Waals surface area contributed by atoms with Gasteiger partial charge in [-0.15, -0.1) is 0 Å². The molecule has 5 rings (SSSR count). The summed E-state index contributed by atoms with van der Waals surface area (Å²) in [6, 6.07) is 14.1. The molecule has 2 atom stereocenters. The molecule has 0 aromatic heterocycles. The molecule has 0 unspecified atom stereocenters. The van der Waals surface area contributed by atoms with Gasteiger partial charge < -0.3 is 20.4 Å². The minimum absolute atomic E-state index is 0.0243. The molecular formula is C31H34Cl4N4O2. The van der Waals surface area contributed by atoms with Gasteiger partial charge in [-0.1, -0.05) is 65.0 Å². The maximum atomic E-state index is 13.8. The normalized spacial score (nSPS) is 20.3. The molecule has 2 N–H and O–H groups in total. The van der Waals surface area contributed by atoms with E-state index in [1.165, 1.54) is 19.3 Å². The van der Waals surface area contributed by atoms with E-state index < -0.39 is 0 Å². The minimum Gasteiger partial charge on any atom is -0.350 e. The van der Waals surface area contributed by atoms with Gasteiger partial charge in [0.25, 0.3) is 5.91 Å². The van der Waals surface area contributed by atoms with Gasteiger partial charge in [0.15, 0.2) is 0 Å². The van der Waals surface area contributed by atoms with E-state index in [1.807, 2.05) is 35.2 Å². The maximum Gasteiger partial charge on any atom is 0.251 e.